The Kier molecular flexibility index (Phi) is 6.45. The van der Waals surface area contributed by atoms with Gasteiger partial charge in [0, 0.05) is 12.2 Å². The number of halogens is 1. The standard InChI is InChI=1S/C13H21ClN2O2S/c1-3-4-5-6-9-15-11-7-8-13(12(14)10-11)16-19(2,17)18/h7-8,10,15-16H,3-6,9H2,1-2H3. The van der Waals surface area contributed by atoms with Gasteiger partial charge in [0.15, 0.2) is 0 Å². The minimum atomic E-state index is -3.29. The number of nitrogens with one attached hydrogen (secondary N) is 2. The van der Waals surface area contributed by atoms with E-state index in [4.69, 9.17) is 11.6 Å². The van der Waals surface area contributed by atoms with Gasteiger partial charge in [-0.3, -0.25) is 4.72 Å². The van der Waals surface area contributed by atoms with Gasteiger partial charge >= 0.3 is 0 Å². The summed E-state index contributed by atoms with van der Waals surface area (Å²) in [5.74, 6) is 0. The molecule has 0 aliphatic carbocycles. The van der Waals surface area contributed by atoms with Crippen LogP contribution in [0.2, 0.25) is 5.02 Å². The molecule has 0 spiro atoms. The molecule has 0 saturated heterocycles. The molecule has 0 fully saturated rings. The van der Waals surface area contributed by atoms with Crippen LogP contribution in [0.15, 0.2) is 18.2 Å². The highest BCUT2D eigenvalue weighted by Gasteiger charge is 2.06. The first-order valence-corrected chi connectivity index (χ1v) is 8.70. The molecule has 1 rings (SSSR count). The molecule has 108 valence electrons. The van der Waals surface area contributed by atoms with E-state index in [1.807, 2.05) is 6.07 Å². The smallest absolute Gasteiger partial charge is 0.229 e. The van der Waals surface area contributed by atoms with Gasteiger partial charge in [0.2, 0.25) is 10.0 Å². The summed E-state index contributed by atoms with van der Waals surface area (Å²) < 4.78 is 24.6. The van der Waals surface area contributed by atoms with Crippen molar-refractivity contribution in [3.8, 4) is 0 Å². The molecule has 0 unspecified atom stereocenters. The molecule has 0 heterocycles. The van der Waals surface area contributed by atoms with Gasteiger partial charge < -0.3 is 5.32 Å². The summed E-state index contributed by atoms with van der Waals surface area (Å²) >= 11 is 6.03. The maximum atomic E-state index is 11.1. The summed E-state index contributed by atoms with van der Waals surface area (Å²) in [4.78, 5) is 0. The third-order valence-electron chi connectivity index (χ3n) is 2.62. The number of rotatable bonds is 8. The zero-order chi connectivity index (χ0) is 14.3. The molecule has 0 amide bonds. The maximum absolute atomic E-state index is 11.1. The summed E-state index contributed by atoms with van der Waals surface area (Å²) in [6.45, 7) is 3.08. The molecule has 0 aromatic heterocycles. The Hall–Kier alpha value is -0.940. The Morgan fingerprint density at radius 1 is 1.21 bits per heavy atom. The highest BCUT2D eigenvalue weighted by atomic mass is 35.5. The highest BCUT2D eigenvalue weighted by molar-refractivity contribution is 7.92. The topological polar surface area (TPSA) is 58.2 Å². The van der Waals surface area contributed by atoms with E-state index in [0.29, 0.717) is 10.7 Å². The van der Waals surface area contributed by atoms with Crippen LogP contribution < -0.4 is 10.0 Å². The molecule has 1 aromatic carbocycles. The molecule has 2 N–H and O–H groups in total. The van der Waals surface area contributed by atoms with Gasteiger partial charge in [0.1, 0.15) is 0 Å². The summed E-state index contributed by atoms with van der Waals surface area (Å²) in [5, 5.41) is 3.67. The first-order chi connectivity index (χ1) is 8.92. The maximum Gasteiger partial charge on any atom is 0.229 e. The first kappa shape index (κ1) is 16.1. The van der Waals surface area contributed by atoms with E-state index in [-0.39, 0.29) is 0 Å². The zero-order valence-corrected chi connectivity index (χ0v) is 12.9. The fourth-order valence-corrected chi connectivity index (χ4v) is 2.55. The van der Waals surface area contributed by atoms with Crippen molar-refractivity contribution in [2.75, 3.05) is 22.8 Å². The van der Waals surface area contributed by atoms with Crippen molar-refractivity contribution in [2.24, 2.45) is 0 Å². The number of hydrogen-bond donors (Lipinski definition) is 2. The van der Waals surface area contributed by atoms with Crippen LogP contribution >= 0.6 is 11.6 Å². The summed E-state index contributed by atoms with van der Waals surface area (Å²) in [6.07, 6.45) is 5.90. The van der Waals surface area contributed by atoms with Crippen molar-refractivity contribution in [1.29, 1.82) is 0 Å². The fraction of sp³-hybridized carbons (Fsp3) is 0.538. The van der Waals surface area contributed by atoms with E-state index in [1.54, 1.807) is 12.1 Å². The van der Waals surface area contributed by atoms with Crippen LogP contribution in [-0.2, 0) is 10.0 Å². The molecule has 4 nitrogen and oxygen atoms in total. The van der Waals surface area contributed by atoms with Gasteiger partial charge in [-0.25, -0.2) is 8.42 Å². The monoisotopic (exact) mass is 304 g/mol. The first-order valence-electron chi connectivity index (χ1n) is 6.43. The van der Waals surface area contributed by atoms with E-state index in [0.717, 1.165) is 24.9 Å². The third kappa shape index (κ3) is 6.68. The zero-order valence-electron chi connectivity index (χ0n) is 11.4. The Bertz CT molecular complexity index is 503. The number of sulfonamides is 1. The Morgan fingerprint density at radius 2 is 1.95 bits per heavy atom. The van der Waals surface area contributed by atoms with Gasteiger partial charge in [-0.2, -0.15) is 0 Å². The summed E-state index contributed by atoms with van der Waals surface area (Å²) in [5.41, 5.74) is 1.31. The fourth-order valence-electron chi connectivity index (χ4n) is 1.69. The number of benzene rings is 1. The van der Waals surface area contributed by atoms with Crippen molar-refractivity contribution in [3.63, 3.8) is 0 Å². The molecule has 1 aromatic rings. The predicted molar refractivity (Wildman–Crippen MR) is 82.6 cm³/mol. The lowest BCUT2D eigenvalue weighted by Gasteiger charge is -2.10. The Balaban J connectivity index is 2.52. The van der Waals surface area contributed by atoms with Crippen LogP contribution in [-0.4, -0.2) is 21.2 Å². The largest absolute Gasteiger partial charge is 0.385 e. The summed E-state index contributed by atoms with van der Waals surface area (Å²) in [6, 6.07) is 5.21. The molecule has 0 bridgehead atoms. The SMILES string of the molecule is CCCCCCNc1ccc(NS(C)(=O)=O)c(Cl)c1. The third-order valence-corrected chi connectivity index (χ3v) is 3.53. The predicted octanol–water partition coefficient (Wildman–Crippen LogP) is 3.70. The van der Waals surface area contributed by atoms with Crippen molar-refractivity contribution in [3.05, 3.63) is 23.2 Å². The van der Waals surface area contributed by atoms with E-state index >= 15 is 0 Å². The number of hydrogen-bond acceptors (Lipinski definition) is 3. The van der Waals surface area contributed by atoms with Crippen LogP contribution in [0, 0.1) is 0 Å². The van der Waals surface area contributed by atoms with Crippen molar-refractivity contribution in [2.45, 2.75) is 32.6 Å². The highest BCUT2D eigenvalue weighted by Crippen LogP contribution is 2.26. The van der Waals surface area contributed by atoms with E-state index in [9.17, 15) is 8.42 Å². The molecular weight excluding hydrogens is 284 g/mol. The molecule has 19 heavy (non-hydrogen) atoms. The summed E-state index contributed by atoms with van der Waals surface area (Å²) in [7, 11) is -3.29. The van der Waals surface area contributed by atoms with Crippen molar-refractivity contribution >= 4 is 33.0 Å². The van der Waals surface area contributed by atoms with E-state index in [2.05, 4.69) is 17.0 Å². The second kappa shape index (κ2) is 7.60. The van der Waals surface area contributed by atoms with Crippen molar-refractivity contribution < 1.29 is 8.42 Å². The molecular formula is C13H21ClN2O2S. The molecule has 0 saturated carbocycles. The van der Waals surface area contributed by atoms with Gasteiger partial charge in [-0.05, 0) is 24.6 Å². The van der Waals surface area contributed by atoms with E-state index in [1.165, 1.54) is 19.3 Å². The average Bonchev–Trinajstić information content (AvgIpc) is 2.31. The lowest BCUT2D eigenvalue weighted by atomic mass is 10.2. The van der Waals surface area contributed by atoms with Crippen LogP contribution in [0.25, 0.3) is 0 Å². The minimum absolute atomic E-state index is 0.393. The van der Waals surface area contributed by atoms with Crippen LogP contribution in [0.1, 0.15) is 32.6 Å². The molecule has 6 heteroatoms. The van der Waals surface area contributed by atoms with Crippen molar-refractivity contribution in [1.82, 2.24) is 0 Å². The van der Waals surface area contributed by atoms with Crippen LogP contribution in [0.3, 0.4) is 0 Å². The molecule has 0 atom stereocenters. The Morgan fingerprint density at radius 3 is 2.53 bits per heavy atom. The average molecular weight is 305 g/mol. The van der Waals surface area contributed by atoms with Gasteiger partial charge in [-0.1, -0.05) is 37.8 Å². The molecule has 0 aliphatic heterocycles. The normalized spacial score (nSPS) is 11.3. The lowest BCUT2D eigenvalue weighted by molar-refractivity contribution is 0.607. The number of anilines is 2. The number of unbranched alkanes of at least 4 members (excludes halogenated alkanes) is 3. The molecule has 0 radical (unpaired) electrons. The van der Waals surface area contributed by atoms with Gasteiger partial charge in [0.05, 0.1) is 17.0 Å². The van der Waals surface area contributed by atoms with Crippen LogP contribution in [0.5, 0.6) is 0 Å². The lowest BCUT2D eigenvalue weighted by Crippen LogP contribution is -2.10. The van der Waals surface area contributed by atoms with Gasteiger partial charge in [0.25, 0.3) is 0 Å². The van der Waals surface area contributed by atoms with Crippen LogP contribution in [0.4, 0.5) is 11.4 Å². The van der Waals surface area contributed by atoms with E-state index < -0.39 is 10.0 Å². The van der Waals surface area contributed by atoms with Gasteiger partial charge in [-0.15, -0.1) is 0 Å². The Labute approximate surface area is 120 Å². The molecule has 0 aliphatic rings. The minimum Gasteiger partial charge on any atom is -0.385 e. The second-order valence-electron chi connectivity index (χ2n) is 4.56. The second-order valence-corrected chi connectivity index (χ2v) is 6.71. The quantitative estimate of drug-likeness (QED) is 0.720.